The predicted octanol–water partition coefficient (Wildman–Crippen LogP) is -3.40. The van der Waals surface area contributed by atoms with Crippen LogP contribution in [0.25, 0.3) is 0 Å². The van der Waals surface area contributed by atoms with Crippen LogP contribution in [0.15, 0.2) is 12.1 Å². The number of rotatable bonds is 5. The van der Waals surface area contributed by atoms with Crippen molar-refractivity contribution in [3.05, 3.63) is 17.7 Å². The van der Waals surface area contributed by atoms with Crippen molar-refractivity contribution in [2.24, 2.45) is 0 Å². The largest absolute Gasteiger partial charge is 0.493 e. The van der Waals surface area contributed by atoms with Gasteiger partial charge in [-0.1, -0.05) is 23.9 Å². The van der Waals surface area contributed by atoms with Crippen molar-refractivity contribution < 1.29 is 17.7 Å². The molecule has 0 unspecified atom stereocenters. The molecule has 0 aliphatic rings. The zero-order valence-electron chi connectivity index (χ0n) is 10.4. The third-order valence-electron chi connectivity index (χ3n) is 2.46. The Balaban J connectivity index is 2.83. The van der Waals surface area contributed by atoms with E-state index < -0.39 is 10.1 Å². The van der Waals surface area contributed by atoms with Gasteiger partial charge in [-0.05, 0) is 11.0 Å². The SMILES string of the molecule is BCc1cc(B)cc(B)c1OCCS(=O)(=O)O. The Morgan fingerprint density at radius 2 is 1.94 bits per heavy atom. The number of ether oxygens (including phenoxy) is 1. The van der Waals surface area contributed by atoms with E-state index >= 15 is 0 Å². The second kappa shape index (κ2) is 5.64. The molecule has 1 aromatic carbocycles. The zero-order chi connectivity index (χ0) is 13.1. The van der Waals surface area contributed by atoms with E-state index in [0.717, 1.165) is 28.6 Å². The van der Waals surface area contributed by atoms with Crippen LogP contribution in [0.2, 0.25) is 0 Å². The maximum atomic E-state index is 10.6. The van der Waals surface area contributed by atoms with Gasteiger partial charge in [-0.3, -0.25) is 4.55 Å². The maximum Gasteiger partial charge on any atom is 0.268 e. The highest BCUT2D eigenvalue weighted by Crippen LogP contribution is 2.13. The van der Waals surface area contributed by atoms with E-state index in [1.807, 2.05) is 35.7 Å². The third kappa shape index (κ3) is 4.48. The Labute approximate surface area is 105 Å². The van der Waals surface area contributed by atoms with Crippen molar-refractivity contribution in [2.75, 3.05) is 12.4 Å². The van der Waals surface area contributed by atoms with Crippen LogP contribution in [0.4, 0.5) is 0 Å². The summed E-state index contributed by atoms with van der Waals surface area (Å²) in [5, 5.41) is 0. The van der Waals surface area contributed by atoms with Crippen LogP contribution in [-0.4, -0.2) is 48.9 Å². The molecule has 1 N–H and O–H groups in total. The fraction of sp³-hybridized carbons (Fsp3) is 0.333. The summed E-state index contributed by atoms with van der Waals surface area (Å²) < 4.78 is 35.3. The Morgan fingerprint density at radius 1 is 1.29 bits per heavy atom. The third-order valence-corrected chi connectivity index (χ3v) is 3.15. The minimum atomic E-state index is -3.96. The lowest BCUT2D eigenvalue weighted by atomic mass is 9.81. The Bertz CT molecular complexity index is 501. The van der Waals surface area contributed by atoms with Crippen molar-refractivity contribution in [1.29, 1.82) is 0 Å². The molecule has 0 aliphatic carbocycles. The Morgan fingerprint density at radius 3 is 2.47 bits per heavy atom. The van der Waals surface area contributed by atoms with Crippen molar-refractivity contribution in [3.63, 3.8) is 0 Å². The molecule has 0 aromatic heterocycles. The quantitative estimate of drug-likeness (QED) is 0.438. The highest BCUT2D eigenvalue weighted by Gasteiger charge is 2.09. The first-order valence-corrected chi connectivity index (χ1v) is 7.12. The van der Waals surface area contributed by atoms with Crippen LogP contribution in [0.5, 0.6) is 5.75 Å². The number of benzene rings is 1. The summed E-state index contributed by atoms with van der Waals surface area (Å²) in [5.41, 5.74) is 3.19. The van der Waals surface area contributed by atoms with Gasteiger partial charge >= 0.3 is 0 Å². The molecule has 0 heterocycles. The van der Waals surface area contributed by atoms with Crippen molar-refractivity contribution >= 4 is 44.6 Å². The van der Waals surface area contributed by atoms with Gasteiger partial charge in [0.1, 0.15) is 41.6 Å². The van der Waals surface area contributed by atoms with Crippen LogP contribution in [0.3, 0.4) is 0 Å². The van der Waals surface area contributed by atoms with E-state index in [2.05, 4.69) is 0 Å². The summed E-state index contributed by atoms with van der Waals surface area (Å²) in [5.74, 6) is 0.338. The summed E-state index contributed by atoms with van der Waals surface area (Å²) in [4.78, 5) is 0. The molecule has 4 nitrogen and oxygen atoms in total. The van der Waals surface area contributed by atoms with Gasteiger partial charge in [0.05, 0.1) is 0 Å². The van der Waals surface area contributed by atoms with Crippen LogP contribution in [-0.2, 0) is 16.4 Å². The molecule has 0 amide bonds. The maximum absolute atomic E-state index is 10.6. The minimum absolute atomic E-state index is 0.0320. The molecule has 1 rings (SSSR count). The van der Waals surface area contributed by atoms with Crippen LogP contribution >= 0.6 is 0 Å². The van der Waals surface area contributed by atoms with E-state index in [4.69, 9.17) is 9.29 Å². The second-order valence-corrected chi connectivity index (χ2v) is 5.63. The van der Waals surface area contributed by atoms with Gasteiger partial charge in [-0.2, -0.15) is 8.42 Å². The van der Waals surface area contributed by atoms with Gasteiger partial charge in [0, 0.05) is 0 Å². The minimum Gasteiger partial charge on any atom is -0.493 e. The van der Waals surface area contributed by atoms with Gasteiger partial charge in [0.2, 0.25) is 0 Å². The molecule has 0 saturated carbocycles. The Kier molecular flexibility index (Phi) is 4.71. The normalized spacial score (nSPS) is 11.4. The van der Waals surface area contributed by atoms with Gasteiger partial charge in [-0.25, -0.2) is 0 Å². The van der Waals surface area contributed by atoms with Crippen molar-refractivity contribution in [1.82, 2.24) is 0 Å². The summed E-state index contributed by atoms with van der Waals surface area (Å²) >= 11 is 0. The van der Waals surface area contributed by atoms with E-state index in [1.54, 1.807) is 0 Å². The average molecular weight is 252 g/mol. The summed E-state index contributed by atoms with van der Waals surface area (Å²) in [6.45, 7) is -0.0320. The molecule has 0 radical (unpaired) electrons. The molecule has 0 fully saturated rings. The first-order chi connectivity index (χ1) is 7.83. The summed E-state index contributed by atoms with van der Waals surface area (Å²) in [7, 11) is 1.99. The summed E-state index contributed by atoms with van der Waals surface area (Å²) in [6, 6.07) is 4.01. The van der Waals surface area contributed by atoms with Crippen molar-refractivity contribution in [3.8, 4) is 5.75 Å². The lowest BCUT2D eigenvalue weighted by molar-refractivity contribution is 0.336. The molecule has 1 aromatic rings. The summed E-state index contributed by atoms with van der Waals surface area (Å²) in [6.07, 6.45) is 0.823. The van der Waals surface area contributed by atoms with Crippen LogP contribution in [0.1, 0.15) is 5.56 Å². The predicted molar refractivity (Wildman–Crippen MR) is 77.0 cm³/mol. The molecule has 90 valence electrons. The number of hydrogen-bond acceptors (Lipinski definition) is 3. The van der Waals surface area contributed by atoms with E-state index in [-0.39, 0.29) is 12.4 Å². The molecular formula is C9H15B3O4S. The molecule has 0 aliphatic heterocycles. The van der Waals surface area contributed by atoms with Gasteiger partial charge in [-0.15, -0.1) is 0 Å². The zero-order valence-corrected chi connectivity index (χ0v) is 11.2. The van der Waals surface area contributed by atoms with Gasteiger partial charge in [0.25, 0.3) is 10.1 Å². The fourth-order valence-electron chi connectivity index (χ4n) is 1.76. The Hall–Kier alpha value is -0.875. The highest BCUT2D eigenvalue weighted by atomic mass is 32.2. The lowest BCUT2D eigenvalue weighted by Crippen LogP contribution is -2.22. The molecule has 0 bridgehead atoms. The second-order valence-electron chi connectivity index (χ2n) is 4.06. The monoisotopic (exact) mass is 252 g/mol. The standard InChI is InChI=1S/C9H15B3O4S/c10-5-6-3-7(11)4-8(12)9(6)16-1-2-17(13,14)15/h3-4H,1-2,5,10-12H2,(H,13,14,15). The molecule has 8 heteroatoms. The molecule has 0 saturated heterocycles. The van der Waals surface area contributed by atoms with Gasteiger partial charge < -0.3 is 4.74 Å². The molecular weight excluding hydrogens is 237 g/mol. The number of hydrogen-bond donors (Lipinski definition) is 1. The van der Waals surface area contributed by atoms with Gasteiger partial charge in [0.15, 0.2) is 0 Å². The fourth-order valence-corrected chi connectivity index (χ4v) is 2.05. The highest BCUT2D eigenvalue weighted by molar-refractivity contribution is 7.85. The molecule has 0 atom stereocenters. The van der Waals surface area contributed by atoms with E-state index in [0.29, 0.717) is 0 Å². The lowest BCUT2D eigenvalue weighted by Gasteiger charge is -2.14. The first-order valence-electron chi connectivity index (χ1n) is 5.51. The van der Waals surface area contributed by atoms with Crippen LogP contribution in [0, 0.1) is 0 Å². The average Bonchev–Trinajstić information content (AvgIpc) is 2.18. The van der Waals surface area contributed by atoms with Crippen LogP contribution < -0.4 is 15.7 Å². The first kappa shape index (κ1) is 14.2. The topological polar surface area (TPSA) is 63.6 Å². The molecule has 0 spiro atoms. The van der Waals surface area contributed by atoms with E-state index in [9.17, 15) is 8.42 Å². The van der Waals surface area contributed by atoms with E-state index in [1.165, 1.54) is 0 Å². The smallest absolute Gasteiger partial charge is 0.268 e. The van der Waals surface area contributed by atoms with Crippen molar-refractivity contribution in [2.45, 2.75) is 6.32 Å². The molecule has 17 heavy (non-hydrogen) atoms.